The van der Waals surface area contributed by atoms with Crippen LogP contribution < -0.4 is 4.74 Å². The van der Waals surface area contributed by atoms with Gasteiger partial charge in [-0.3, -0.25) is 14.5 Å². The molecule has 0 aromatic heterocycles. The highest BCUT2D eigenvalue weighted by molar-refractivity contribution is 5.94. The van der Waals surface area contributed by atoms with Gasteiger partial charge in [0, 0.05) is 24.7 Å². The average molecular weight is 362 g/mol. The number of carbonyl (C=O) groups excluding carboxylic acids is 1. The number of carboxylic acids is 1. The van der Waals surface area contributed by atoms with Gasteiger partial charge in [-0.05, 0) is 49.6 Å². The third-order valence-corrected chi connectivity index (χ3v) is 4.70. The van der Waals surface area contributed by atoms with E-state index in [1.54, 1.807) is 0 Å². The van der Waals surface area contributed by atoms with Crippen molar-refractivity contribution in [3.05, 3.63) is 29.8 Å². The summed E-state index contributed by atoms with van der Waals surface area (Å²) in [5.41, 5.74) is 0.665. The molecule has 144 valence electrons. The van der Waals surface area contributed by atoms with Crippen LogP contribution in [0.5, 0.6) is 5.75 Å². The quantitative estimate of drug-likeness (QED) is 0.770. The van der Waals surface area contributed by atoms with Crippen molar-refractivity contribution in [2.24, 2.45) is 5.92 Å². The predicted octanol–water partition coefficient (Wildman–Crippen LogP) is 2.73. The fourth-order valence-electron chi connectivity index (χ4n) is 3.25. The highest BCUT2D eigenvalue weighted by Gasteiger charge is 2.27. The molecule has 26 heavy (non-hydrogen) atoms. The van der Waals surface area contributed by atoms with Gasteiger partial charge in [0.1, 0.15) is 5.75 Å². The van der Waals surface area contributed by atoms with Crippen LogP contribution in [0.15, 0.2) is 24.3 Å². The molecule has 1 amide bonds. The Morgan fingerprint density at radius 3 is 2.35 bits per heavy atom. The minimum Gasteiger partial charge on any atom is -0.493 e. The molecule has 1 heterocycles. The van der Waals surface area contributed by atoms with Crippen molar-refractivity contribution in [3.63, 3.8) is 0 Å². The van der Waals surface area contributed by atoms with E-state index < -0.39 is 5.97 Å². The lowest BCUT2D eigenvalue weighted by Gasteiger charge is -2.37. The molecule has 0 aliphatic carbocycles. The summed E-state index contributed by atoms with van der Waals surface area (Å²) in [6.07, 6.45) is 1.62. The Balaban J connectivity index is 1.88. The van der Waals surface area contributed by atoms with E-state index in [4.69, 9.17) is 9.84 Å². The lowest BCUT2D eigenvalue weighted by Crippen LogP contribution is -2.48. The standard InChI is InChI=1S/C20H30N2O4/c1-4-21(13-19(23)24)17-9-11-22(12-10-17)20(25)16-5-7-18(8-6-16)26-14-15(2)3/h5-8,15,17H,4,9-14H2,1-3H3,(H,23,24). The van der Waals surface area contributed by atoms with Gasteiger partial charge < -0.3 is 14.7 Å². The van der Waals surface area contributed by atoms with Crippen LogP contribution >= 0.6 is 0 Å². The summed E-state index contributed by atoms with van der Waals surface area (Å²) in [4.78, 5) is 27.5. The molecule has 1 N–H and O–H groups in total. The van der Waals surface area contributed by atoms with Crippen LogP contribution in [-0.2, 0) is 4.79 Å². The number of amides is 1. The van der Waals surface area contributed by atoms with Gasteiger partial charge in [0.2, 0.25) is 0 Å². The molecule has 6 heteroatoms. The first-order chi connectivity index (χ1) is 12.4. The highest BCUT2D eigenvalue weighted by atomic mass is 16.5. The third-order valence-electron chi connectivity index (χ3n) is 4.70. The van der Waals surface area contributed by atoms with E-state index in [9.17, 15) is 9.59 Å². The Kier molecular flexibility index (Phi) is 7.45. The summed E-state index contributed by atoms with van der Waals surface area (Å²) in [6, 6.07) is 7.54. The normalized spacial score (nSPS) is 15.5. The molecule has 0 saturated carbocycles. The van der Waals surface area contributed by atoms with Gasteiger partial charge in [0.25, 0.3) is 5.91 Å². The fourth-order valence-corrected chi connectivity index (χ4v) is 3.25. The molecule has 0 atom stereocenters. The maximum Gasteiger partial charge on any atom is 0.317 e. The van der Waals surface area contributed by atoms with Gasteiger partial charge >= 0.3 is 5.97 Å². The minimum atomic E-state index is -0.801. The number of hydrogen-bond acceptors (Lipinski definition) is 4. The van der Waals surface area contributed by atoms with Crippen LogP contribution in [-0.4, -0.2) is 65.6 Å². The number of ether oxygens (including phenoxy) is 1. The molecular weight excluding hydrogens is 332 g/mol. The topological polar surface area (TPSA) is 70.1 Å². The van der Waals surface area contributed by atoms with Crippen molar-refractivity contribution in [2.75, 3.05) is 32.8 Å². The molecule has 0 spiro atoms. The van der Waals surface area contributed by atoms with Gasteiger partial charge in [0.05, 0.1) is 13.2 Å². The summed E-state index contributed by atoms with van der Waals surface area (Å²) >= 11 is 0. The van der Waals surface area contributed by atoms with Crippen molar-refractivity contribution < 1.29 is 19.4 Å². The molecule has 1 aromatic rings. The second-order valence-electron chi connectivity index (χ2n) is 7.21. The largest absolute Gasteiger partial charge is 0.493 e. The van der Waals surface area contributed by atoms with Crippen molar-refractivity contribution in [1.29, 1.82) is 0 Å². The van der Waals surface area contributed by atoms with Crippen LogP contribution in [0.2, 0.25) is 0 Å². The number of likely N-dealkylation sites (tertiary alicyclic amines) is 1. The molecule has 0 unspecified atom stereocenters. The van der Waals surface area contributed by atoms with E-state index in [0.717, 1.165) is 18.6 Å². The first-order valence-corrected chi connectivity index (χ1v) is 9.38. The van der Waals surface area contributed by atoms with E-state index in [-0.39, 0.29) is 18.5 Å². The van der Waals surface area contributed by atoms with E-state index in [1.165, 1.54) is 0 Å². The lowest BCUT2D eigenvalue weighted by molar-refractivity contribution is -0.139. The number of benzene rings is 1. The number of aliphatic carboxylic acids is 1. The smallest absolute Gasteiger partial charge is 0.317 e. The monoisotopic (exact) mass is 362 g/mol. The van der Waals surface area contributed by atoms with Crippen molar-refractivity contribution in [3.8, 4) is 5.75 Å². The number of carbonyl (C=O) groups is 2. The second-order valence-corrected chi connectivity index (χ2v) is 7.21. The zero-order valence-corrected chi connectivity index (χ0v) is 16.0. The lowest BCUT2D eigenvalue weighted by atomic mass is 10.0. The molecular formula is C20H30N2O4. The van der Waals surface area contributed by atoms with E-state index >= 15 is 0 Å². The number of hydrogen-bond donors (Lipinski definition) is 1. The van der Waals surface area contributed by atoms with Crippen LogP contribution in [0.1, 0.15) is 44.0 Å². The highest BCUT2D eigenvalue weighted by Crippen LogP contribution is 2.20. The average Bonchev–Trinajstić information content (AvgIpc) is 2.64. The SMILES string of the molecule is CCN(CC(=O)O)C1CCN(C(=O)c2ccc(OCC(C)C)cc2)CC1. The van der Waals surface area contributed by atoms with E-state index in [2.05, 4.69) is 13.8 Å². The molecule has 2 rings (SSSR count). The summed E-state index contributed by atoms with van der Waals surface area (Å²) in [5, 5.41) is 9.01. The van der Waals surface area contributed by atoms with Crippen LogP contribution in [0.3, 0.4) is 0 Å². The summed E-state index contributed by atoms with van der Waals surface area (Å²) in [6.45, 7) is 8.91. The Hall–Kier alpha value is -2.08. The molecule has 1 saturated heterocycles. The number of nitrogens with zero attached hydrogens (tertiary/aromatic N) is 2. The maximum atomic E-state index is 12.7. The zero-order valence-electron chi connectivity index (χ0n) is 16.0. The molecule has 0 radical (unpaired) electrons. The predicted molar refractivity (Wildman–Crippen MR) is 101 cm³/mol. The number of likely N-dealkylation sites (N-methyl/N-ethyl adjacent to an activating group) is 1. The van der Waals surface area contributed by atoms with Gasteiger partial charge in [0.15, 0.2) is 0 Å². The van der Waals surface area contributed by atoms with Gasteiger partial charge in [-0.25, -0.2) is 0 Å². The van der Waals surface area contributed by atoms with E-state index in [1.807, 2.05) is 41.0 Å². The Labute approximate surface area is 155 Å². The third kappa shape index (κ3) is 5.73. The van der Waals surface area contributed by atoms with Crippen LogP contribution in [0.4, 0.5) is 0 Å². The Morgan fingerprint density at radius 2 is 1.85 bits per heavy atom. The fraction of sp³-hybridized carbons (Fsp3) is 0.600. The maximum absolute atomic E-state index is 12.7. The first-order valence-electron chi connectivity index (χ1n) is 9.38. The van der Waals surface area contributed by atoms with Crippen LogP contribution in [0, 0.1) is 5.92 Å². The number of rotatable bonds is 8. The number of carboxylic acid groups (broad SMARTS) is 1. The summed E-state index contributed by atoms with van der Waals surface area (Å²) < 4.78 is 5.65. The van der Waals surface area contributed by atoms with Crippen molar-refractivity contribution >= 4 is 11.9 Å². The first kappa shape index (κ1) is 20.2. The molecule has 1 aliphatic rings. The van der Waals surface area contributed by atoms with Gasteiger partial charge in [-0.2, -0.15) is 0 Å². The molecule has 0 bridgehead atoms. The number of piperidine rings is 1. The molecule has 1 aromatic carbocycles. The Morgan fingerprint density at radius 1 is 1.23 bits per heavy atom. The zero-order chi connectivity index (χ0) is 19.1. The van der Waals surface area contributed by atoms with Crippen LogP contribution in [0.25, 0.3) is 0 Å². The Bertz CT molecular complexity index is 592. The molecule has 6 nitrogen and oxygen atoms in total. The van der Waals surface area contributed by atoms with Crippen molar-refractivity contribution in [1.82, 2.24) is 9.80 Å². The van der Waals surface area contributed by atoms with Gasteiger partial charge in [-0.15, -0.1) is 0 Å². The second kappa shape index (κ2) is 9.57. The minimum absolute atomic E-state index is 0.0279. The summed E-state index contributed by atoms with van der Waals surface area (Å²) in [7, 11) is 0. The van der Waals surface area contributed by atoms with E-state index in [0.29, 0.717) is 37.7 Å². The molecule has 1 fully saturated rings. The van der Waals surface area contributed by atoms with Gasteiger partial charge in [-0.1, -0.05) is 20.8 Å². The molecule has 1 aliphatic heterocycles. The van der Waals surface area contributed by atoms with Crippen molar-refractivity contribution in [2.45, 2.75) is 39.7 Å². The summed E-state index contributed by atoms with van der Waals surface area (Å²) in [5.74, 6) is 0.466.